The molecule has 0 aliphatic rings. The van der Waals surface area contributed by atoms with Gasteiger partial charge in [-0.15, -0.1) is 0 Å². The minimum Gasteiger partial charge on any atom is -0.460 e. The number of nitro benzene ring substituents is 1. The maximum absolute atomic E-state index is 12.0. The summed E-state index contributed by atoms with van der Waals surface area (Å²) in [6.07, 6.45) is 0. The van der Waals surface area contributed by atoms with Crippen molar-refractivity contribution >= 4 is 34.1 Å². The standard InChI is InChI=1S/C15H12ClNO5S/c16-12-3-1-11(2-4-12)9-22-15(18)10-23(21)14-7-5-13(6-8-14)17(19)20/h1-8H,9-10H2. The number of carbonyl (C=O) groups is 1. The Hall–Kier alpha value is -2.25. The molecule has 0 spiro atoms. The number of rotatable bonds is 6. The van der Waals surface area contributed by atoms with E-state index in [-0.39, 0.29) is 18.0 Å². The number of carbonyl (C=O) groups excluding carboxylic acids is 1. The van der Waals surface area contributed by atoms with Crippen LogP contribution in [0.25, 0.3) is 0 Å². The number of nitrogens with zero attached hydrogens (tertiary/aromatic N) is 1. The van der Waals surface area contributed by atoms with Gasteiger partial charge in [0.05, 0.1) is 15.7 Å². The van der Waals surface area contributed by atoms with Crippen molar-refractivity contribution in [1.29, 1.82) is 0 Å². The van der Waals surface area contributed by atoms with Crippen LogP contribution in [0.2, 0.25) is 5.02 Å². The van der Waals surface area contributed by atoms with Crippen molar-refractivity contribution in [3.05, 3.63) is 69.2 Å². The Morgan fingerprint density at radius 3 is 2.30 bits per heavy atom. The fourth-order valence-corrected chi connectivity index (χ4v) is 2.73. The molecule has 0 saturated carbocycles. The van der Waals surface area contributed by atoms with E-state index in [0.29, 0.717) is 9.92 Å². The van der Waals surface area contributed by atoms with Crippen LogP contribution < -0.4 is 0 Å². The predicted octanol–water partition coefficient (Wildman–Crippen LogP) is 3.10. The van der Waals surface area contributed by atoms with Crippen molar-refractivity contribution in [2.75, 3.05) is 5.75 Å². The molecule has 1 atom stereocenters. The molecule has 0 aromatic heterocycles. The van der Waals surface area contributed by atoms with Gasteiger partial charge in [0.2, 0.25) is 0 Å². The third-order valence-corrected chi connectivity index (χ3v) is 4.42. The molecule has 2 rings (SSSR count). The minimum atomic E-state index is -1.61. The number of halogens is 1. The second-order valence-corrected chi connectivity index (χ2v) is 6.42. The van der Waals surface area contributed by atoms with Crippen LogP contribution in [-0.4, -0.2) is 20.9 Å². The van der Waals surface area contributed by atoms with E-state index in [1.54, 1.807) is 24.3 Å². The van der Waals surface area contributed by atoms with Gasteiger partial charge < -0.3 is 4.74 Å². The van der Waals surface area contributed by atoms with Crippen molar-refractivity contribution in [3.8, 4) is 0 Å². The highest BCUT2D eigenvalue weighted by molar-refractivity contribution is 7.85. The molecular weight excluding hydrogens is 342 g/mol. The van der Waals surface area contributed by atoms with E-state index in [1.165, 1.54) is 24.3 Å². The number of hydrogen-bond acceptors (Lipinski definition) is 5. The molecular formula is C15H12ClNO5S. The van der Waals surface area contributed by atoms with Crippen molar-refractivity contribution in [3.63, 3.8) is 0 Å². The lowest BCUT2D eigenvalue weighted by Crippen LogP contribution is -2.14. The molecule has 0 fully saturated rings. The molecule has 23 heavy (non-hydrogen) atoms. The van der Waals surface area contributed by atoms with Crippen molar-refractivity contribution in [2.24, 2.45) is 0 Å². The number of hydrogen-bond donors (Lipinski definition) is 0. The van der Waals surface area contributed by atoms with E-state index in [1.807, 2.05) is 0 Å². The maximum Gasteiger partial charge on any atom is 0.319 e. The maximum atomic E-state index is 12.0. The Kier molecular flexibility index (Phi) is 5.84. The number of esters is 1. The normalized spacial score (nSPS) is 11.7. The molecule has 0 radical (unpaired) electrons. The Labute approximate surface area is 139 Å². The van der Waals surface area contributed by atoms with Crippen LogP contribution in [0.5, 0.6) is 0 Å². The molecule has 0 N–H and O–H groups in total. The van der Waals surface area contributed by atoms with Crippen LogP contribution in [-0.2, 0) is 26.9 Å². The van der Waals surface area contributed by atoms with Gasteiger partial charge in [-0.1, -0.05) is 23.7 Å². The van der Waals surface area contributed by atoms with E-state index in [9.17, 15) is 19.1 Å². The van der Waals surface area contributed by atoms with Crippen LogP contribution in [0.15, 0.2) is 53.4 Å². The van der Waals surface area contributed by atoms with Gasteiger partial charge in [-0.05, 0) is 29.8 Å². The first kappa shape index (κ1) is 17.1. The SMILES string of the molecule is O=C(CS(=O)c1ccc([N+](=O)[O-])cc1)OCc1ccc(Cl)cc1. The lowest BCUT2D eigenvalue weighted by molar-refractivity contribution is -0.384. The van der Waals surface area contributed by atoms with Gasteiger partial charge in [0.15, 0.2) is 0 Å². The molecule has 0 aliphatic heterocycles. The third kappa shape index (κ3) is 5.15. The monoisotopic (exact) mass is 353 g/mol. The topological polar surface area (TPSA) is 86.5 Å². The predicted molar refractivity (Wildman–Crippen MR) is 85.6 cm³/mol. The van der Waals surface area contributed by atoms with Crippen molar-refractivity contribution < 1.29 is 18.7 Å². The number of non-ortho nitro benzene ring substituents is 1. The summed E-state index contributed by atoms with van der Waals surface area (Å²) in [5.41, 5.74) is 0.667. The zero-order valence-corrected chi connectivity index (χ0v) is 13.4. The summed E-state index contributed by atoms with van der Waals surface area (Å²) < 4.78 is 17.1. The first-order valence-electron chi connectivity index (χ1n) is 6.48. The third-order valence-electron chi connectivity index (χ3n) is 2.87. The summed E-state index contributed by atoms with van der Waals surface area (Å²) in [6.45, 7) is 0.0630. The molecule has 0 heterocycles. The molecule has 0 aliphatic carbocycles. The fourth-order valence-electron chi connectivity index (χ4n) is 1.70. The number of ether oxygens (including phenoxy) is 1. The smallest absolute Gasteiger partial charge is 0.319 e. The van der Waals surface area contributed by atoms with Crippen LogP contribution in [0.4, 0.5) is 5.69 Å². The summed E-state index contributed by atoms with van der Waals surface area (Å²) in [5.74, 6) is -0.928. The second kappa shape index (κ2) is 7.85. The van der Waals surface area contributed by atoms with Gasteiger partial charge >= 0.3 is 5.97 Å². The lowest BCUT2D eigenvalue weighted by atomic mass is 10.2. The molecule has 2 aromatic rings. The molecule has 0 bridgehead atoms. The highest BCUT2D eigenvalue weighted by Gasteiger charge is 2.13. The zero-order valence-electron chi connectivity index (χ0n) is 11.8. The molecule has 120 valence electrons. The van der Waals surface area contributed by atoms with Crippen LogP contribution in [0.1, 0.15) is 5.56 Å². The fraction of sp³-hybridized carbons (Fsp3) is 0.133. The first-order chi connectivity index (χ1) is 11.0. The molecule has 0 saturated heterocycles. The van der Waals surface area contributed by atoms with Gasteiger partial charge in [-0.25, -0.2) is 0 Å². The summed E-state index contributed by atoms with van der Waals surface area (Å²) in [6, 6.07) is 12.0. The lowest BCUT2D eigenvalue weighted by Gasteiger charge is -2.05. The molecule has 8 heteroatoms. The van der Waals surface area contributed by atoms with E-state index < -0.39 is 21.7 Å². The van der Waals surface area contributed by atoms with Gasteiger partial charge in [0.1, 0.15) is 12.4 Å². The summed E-state index contributed by atoms with van der Waals surface area (Å²) in [5, 5.41) is 11.1. The van der Waals surface area contributed by atoms with Gasteiger partial charge in [0, 0.05) is 22.1 Å². The summed E-state index contributed by atoms with van der Waals surface area (Å²) in [7, 11) is -1.61. The Balaban J connectivity index is 1.87. The number of nitro groups is 1. The summed E-state index contributed by atoms with van der Waals surface area (Å²) in [4.78, 5) is 22.0. The average Bonchev–Trinajstić information content (AvgIpc) is 2.54. The van der Waals surface area contributed by atoms with E-state index in [0.717, 1.165) is 5.56 Å². The average molecular weight is 354 g/mol. The highest BCUT2D eigenvalue weighted by Crippen LogP contribution is 2.15. The Morgan fingerprint density at radius 2 is 1.74 bits per heavy atom. The van der Waals surface area contributed by atoms with Crippen LogP contribution in [0.3, 0.4) is 0 Å². The molecule has 2 aromatic carbocycles. The minimum absolute atomic E-state index is 0.0630. The zero-order chi connectivity index (χ0) is 16.8. The molecule has 1 unspecified atom stereocenters. The van der Waals surface area contributed by atoms with E-state index >= 15 is 0 Å². The van der Waals surface area contributed by atoms with Crippen molar-refractivity contribution in [1.82, 2.24) is 0 Å². The van der Waals surface area contributed by atoms with Crippen LogP contribution >= 0.6 is 11.6 Å². The van der Waals surface area contributed by atoms with Gasteiger partial charge in [-0.2, -0.15) is 0 Å². The number of benzene rings is 2. The first-order valence-corrected chi connectivity index (χ1v) is 8.18. The van der Waals surface area contributed by atoms with E-state index in [2.05, 4.69) is 0 Å². The largest absolute Gasteiger partial charge is 0.460 e. The van der Waals surface area contributed by atoms with Gasteiger partial charge in [-0.3, -0.25) is 19.1 Å². The molecule has 0 amide bonds. The molecule has 6 nitrogen and oxygen atoms in total. The Bertz CT molecular complexity index is 731. The van der Waals surface area contributed by atoms with Gasteiger partial charge in [0.25, 0.3) is 5.69 Å². The van der Waals surface area contributed by atoms with Crippen molar-refractivity contribution in [2.45, 2.75) is 11.5 Å². The Morgan fingerprint density at radius 1 is 1.13 bits per heavy atom. The van der Waals surface area contributed by atoms with E-state index in [4.69, 9.17) is 16.3 Å². The highest BCUT2D eigenvalue weighted by atomic mass is 35.5. The summed E-state index contributed by atoms with van der Waals surface area (Å²) >= 11 is 5.75. The quantitative estimate of drug-likeness (QED) is 0.452. The second-order valence-electron chi connectivity index (χ2n) is 4.53. The van der Waals surface area contributed by atoms with Crippen LogP contribution in [0, 0.1) is 10.1 Å².